The zero-order valence-corrected chi connectivity index (χ0v) is 19.9. The van der Waals surface area contributed by atoms with E-state index in [2.05, 4.69) is 5.32 Å². The Bertz CT molecular complexity index is 1310. The quantitative estimate of drug-likeness (QED) is 0.232. The molecule has 0 atom stereocenters. The third-order valence-electron chi connectivity index (χ3n) is 6.88. The molecule has 5 N–H and O–H groups in total. The van der Waals surface area contributed by atoms with E-state index in [1.54, 1.807) is 24.3 Å². The molecule has 9 nitrogen and oxygen atoms in total. The number of carbonyl (C=O) groups is 2. The number of fused-ring (bicyclic) bond motifs is 6. The van der Waals surface area contributed by atoms with Gasteiger partial charge in [-0.15, -0.1) is 0 Å². The molecule has 5 rings (SSSR count). The average molecular weight is 506 g/mol. The maximum absolute atomic E-state index is 13.2. The average Bonchev–Trinajstić information content (AvgIpc) is 3.17. The number of aliphatic hydroxyl groups excluding tert-OH is 2. The van der Waals surface area contributed by atoms with Crippen LogP contribution in [0.1, 0.15) is 56.7 Å². The maximum Gasteiger partial charge on any atom is 0.340 e. The molecule has 9 heteroatoms. The zero-order valence-electron chi connectivity index (χ0n) is 19.9. The second-order valence-electron chi connectivity index (χ2n) is 9.28. The molecule has 0 bridgehead atoms. The van der Waals surface area contributed by atoms with Crippen molar-refractivity contribution < 1.29 is 39.5 Å². The summed E-state index contributed by atoms with van der Waals surface area (Å²) in [6, 6.07) is 13.9. The minimum Gasteiger partial charge on any atom is -0.508 e. The molecule has 37 heavy (non-hydrogen) atoms. The molecule has 0 aromatic heterocycles. The number of nitrogens with one attached hydrogen (secondary N) is 1. The fourth-order valence-corrected chi connectivity index (χ4v) is 4.95. The number of phenolic OH excluding ortho intramolecular Hbond substituents is 2. The van der Waals surface area contributed by atoms with Crippen LogP contribution in [0.3, 0.4) is 0 Å². The van der Waals surface area contributed by atoms with E-state index in [1.165, 1.54) is 30.3 Å². The molecule has 0 fully saturated rings. The second kappa shape index (κ2) is 9.76. The summed E-state index contributed by atoms with van der Waals surface area (Å²) >= 11 is 0. The Kier molecular flexibility index (Phi) is 6.49. The number of amides is 1. The predicted molar refractivity (Wildman–Crippen MR) is 132 cm³/mol. The number of hydrogen-bond donors (Lipinski definition) is 5. The van der Waals surface area contributed by atoms with Gasteiger partial charge in [0.15, 0.2) is 5.60 Å². The number of rotatable bonds is 8. The standard InChI is InChI=1S/C28H27NO8/c30-14-16(15-31)3-1-2-10-29-26(34)17-4-7-21-20(11-17)27(35)37-28(21)22-8-5-18(32)12-24(22)36-25-13-19(33)6-9-23(25)28/h4-9,11-13,16,30-33H,1-3,10,14-15H2,(H,29,34). The number of aliphatic hydroxyl groups is 2. The van der Waals surface area contributed by atoms with Crippen molar-refractivity contribution in [2.24, 2.45) is 5.92 Å². The van der Waals surface area contributed by atoms with E-state index in [4.69, 9.17) is 19.7 Å². The summed E-state index contributed by atoms with van der Waals surface area (Å²) in [4.78, 5) is 25.9. The summed E-state index contributed by atoms with van der Waals surface area (Å²) in [5.74, 6) is -0.590. The van der Waals surface area contributed by atoms with Crippen LogP contribution in [0.2, 0.25) is 0 Å². The molecule has 0 unspecified atom stereocenters. The Morgan fingerprint density at radius 1 is 0.865 bits per heavy atom. The van der Waals surface area contributed by atoms with Crippen LogP contribution in [0.15, 0.2) is 54.6 Å². The monoisotopic (exact) mass is 505 g/mol. The molecule has 0 saturated heterocycles. The summed E-state index contributed by atoms with van der Waals surface area (Å²) in [7, 11) is 0. The largest absolute Gasteiger partial charge is 0.508 e. The van der Waals surface area contributed by atoms with Gasteiger partial charge in [-0.2, -0.15) is 0 Å². The van der Waals surface area contributed by atoms with E-state index in [9.17, 15) is 19.8 Å². The lowest BCUT2D eigenvalue weighted by molar-refractivity contribution is 0.0224. The Morgan fingerprint density at radius 3 is 2.11 bits per heavy atom. The summed E-state index contributed by atoms with van der Waals surface area (Å²) in [6.45, 7) is 0.275. The van der Waals surface area contributed by atoms with Gasteiger partial charge in [-0.1, -0.05) is 12.5 Å². The lowest BCUT2D eigenvalue weighted by atomic mass is 9.77. The molecule has 192 valence electrons. The van der Waals surface area contributed by atoms with E-state index in [1.807, 2.05) is 0 Å². The van der Waals surface area contributed by atoms with Crippen LogP contribution in [-0.2, 0) is 10.3 Å². The number of phenols is 2. The van der Waals surface area contributed by atoms with Crippen molar-refractivity contribution in [1.29, 1.82) is 0 Å². The number of benzene rings is 3. The highest BCUT2D eigenvalue weighted by atomic mass is 16.6. The van der Waals surface area contributed by atoms with Crippen molar-refractivity contribution in [2.45, 2.75) is 24.9 Å². The van der Waals surface area contributed by atoms with E-state index in [0.29, 0.717) is 41.6 Å². The molecule has 0 saturated carbocycles. The van der Waals surface area contributed by atoms with Gasteiger partial charge in [-0.05, 0) is 49.2 Å². The van der Waals surface area contributed by atoms with Gasteiger partial charge < -0.3 is 35.2 Å². The summed E-state index contributed by atoms with van der Waals surface area (Å²) in [6.07, 6.45) is 2.10. The Balaban J connectivity index is 1.44. The highest BCUT2D eigenvalue weighted by Crippen LogP contribution is 2.57. The first-order valence-corrected chi connectivity index (χ1v) is 12.1. The van der Waals surface area contributed by atoms with Gasteiger partial charge in [0.2, 0.25) is 0 Å². The zero-order chi connectivity index (χ0) is 26.2. The number of unbranched alkanes of at least 4 members (excludes halogenated alkanes) is 1. The molecule has 2 aliphatic rings. The topological polar surface area (TPSA) is 146 Å². The fraction of sp³-hybridized carbons (Fsp3) is 0.286. The highest BCUT2D eigenvalue weighted by Gasteiger charge is 2.53. The molecular weight excluding hydrogens is 478 g/mol. The normalized spacial score (nSPS) is 14.5. The minimum absolute atomic E-state index is 0.0303. The van der Waals surface area contributed by atoms with Gasteiger partial charge >= 0.3 is 5.97 Å². The van der Waals surface area contributed by atoms with Crippen molar-refractivity contribution in [1.82, 2.24) is 5.32 Å². The van der Waals surface area contributed by atoms with Gasteiger partial charge in [0.05, 0.1) is 5.56 Å². The molecule has 1 spiro atoms. The first-order chi connectivity index (χ1) is 17.9. The van der Waals surface area contributed by atoms with Crippen LogP contribution < -0.4 is 10.1 Å². The molecular formula is C28H27NO8. The SMILES string of the molecule is O=C(NCCCCC(CO)CO)c1ccc2c(c1)C(=O)OC21c2ccc(O)cc2Oc2cc(O)ccc21. The molecule has 1 amide bonds. The van der Waals surface area contributed by atoms with Crippen molar-refractivity contribution in [3.63, 3.8) is 0 Å². The van der Waals surface area contributed by atoms with Gasteiger partial charge in [-0.25, -0.2) is 4.79 Å². The van der Waals surface area contributed by atoms with Crippen molar-refractivity contribution >= 4 is 11.9 Å². The molecule has 0 radical (unpaired) electrons. The number of carbonyl (C=O) groups excluding carboxylic acids is 2. The Morgan fingerprint density at radius 2 is 1.49 bits per heavy atom. The van der Waals surface area contributed by atoms with Gasteiger partial charge in [-0.3, -0.25) is 4.79 Å². The first kappa shape index (κ1) is 24.6. The maximum atomic E-state index is 13.2. The Labute approximate surface area is 212 Å². The molecule has 3 aromatic rings. The van der Waals surface area contributed by atoms with Crippen LogP contribution in [-0.4, -0.2) is 52.1 Å². The molecule has 3 aromatic carbocycles. The van der Waals surface area contributed by atoms with Crippen molar-refractivity contribution in [3.8, 4) is 23.0 Å². The predicted octanol–water partition coefficient (Wildman–Crippen LogP) is 3.17. The van der Waals surface area contributed by atoms with Crippen LogP contribution in [0.4, 0.5) is 0 Å². The molecule has 0 aliphatic carbocycles. The second-order valence-corrected chi connectivity index (χ2v) is 9.28. The summed E-state index contributed by atoms with van der Waals surface area (Å²) < 4.78 is 12.0. The van der Waals surface area contributed by atoms with Crippen LogP contribution >= 0.6 is 0 Å². The van der Waals surface area contributed by atoms with Crippen molar-refractivity contribution in [2.75, 3.05) is 19.8 Å². The number of ether oxygens (including phenoxy) is 2. The van der Waals surface area contributed by atoms with Crippen molar-refractivity contribution in [3.05, 3.63) is 82.4 Å². The van der Waals surface area contributed by atoms with Crippen LogP contribution in [0, 0.1) is 5.92 Å². The number of aromatic hydroxyl groups is 2. The summed E-state index contributed by atoms with van der Waals surface area (Å²) in [5, 5.41) is 41.2. The number of esters is 1. The molecule has 2 aliphatic heterocycles. The number of hydrogen-bond acceptors (Lipinski definition) is 8. The van der Waals surface area contributed by atoms with E-state index < -0.39 is 11.6 Å². The van der Waals surface area contributed by atoms with Gasteiger partial charge in [0.1, 0.15) is 23.0 Å². The third kappa shape index (κ3) is 4.26. The van der Waals surface area contributed by atoms with E-state index in [0.717, 1.165) is 6.42 Å². The van der Waals surface area contributed by atoms with Crippen LogP contribution in [0.5, 0.6) is 23.0 Å². The van der Waals surface area contributed by atoms with Gasteiger partial charge in [0, 0.05) is 60.1 Å². The highest BCUT2D eigenvalue weighted by molar-refractivity contribution is 6.01. The Hall–Kier alpha value is -4.08. The molecule has 2 heterocycles. The fourth-order valence-electron chi connectivity index (χ4n) is 4.95. The van der Waals surface area contributed by atoms with E-state index in [-0.39, 0.29) is 53.6 Å². The smallest absolute Gasteiger partial charge is 0.340 e. The lowest BCUT2D eigenvalue weighted by Crippen LogP contribution is -2.33. The van der Waals surface area contributed by atoms with Gasteiger partial charge in [0.25, 0.3) is 5.91 Å². The van der Waals surface area contributed by atoms with E-state index >= 15 is 0 Å². The lowest BCUT2D eigenvalue weighted by Gasteiger charge is -2.36. The minimum atomic E-state index is -1.37. The first-order valence-electron chi connectivity index (χ1n) is 12.1. The summed E-state index contributed by atoms with van der Waals surface area (Å²) in [5.41, 5.74) is 0.715. The van der Waals surface area contributed by atoms with Crippen LogP contribution in [0.25, 0.3) is 0 Å². The third-order valence-corrected chi connectivity index (χ3v) is 6.88.